The van der Waals surface area contributed by atoms with Gasteiger partial charge in [-0.25, -0.2) is 0 Å². The van der Waals surface area contributed by atoms with Crippen LogP contribution in [0.2, 0.25) is 0 Å². The van der Waals surface area contributed by atoms with Crippen LogP contribution in [0.3, 0.4) is 0 Å². The van der Waals surface area contributed by atoms with Gasteiger partial charge in [-0.1, -0.05) is 47.5 Å². The minimum absolute atomic E-state index is 0.346. The van der Waals surface area contributed by atoms with Gasteiger partial charge in [0.05, 0.1) is 0 Å². The average Bonchev–Trinajstić information content (AvgIpc) is 3.07. The van der Waals surface area contributed by atoms with Crippen LogP contribution in [0.1, 0.15) is 60.3 Å². The molecule has 2 rings (SSSR count). The molecule has 8 radical (unpaired) electrons. The third-order valence-electron chi connectivity index (χ3n) is 3.93. The van der Waals surface area contributed by atoms with Gasteiger partial charge in [0.15, 0.2) is 0 Å². The first-order valence-electron chi connectivity index (χ1n) is 9.38. The summed E-state index contributed by atoms with van der Waals surface area (Å²) in [6.07, 6.45) is 17.9. The van der Waals surface area contributed by atoms with Gasteiger partial charge < -0.3 is 9.80 Å². The summed E-state index contributed by atoms with van der Waals surface area (Å²) in [5.74, 6) is 3.41. The second kappa shape index (κ2) is 17.6. The topological polar surface area (TPSA) is 6.48 Å². The quantitative estimate of drug-likeness (QED) is 0.370. The van der Waals surface area contributed by atoms with Crippen LogP contribution in [-0.2, 0) is 15.1 Å². The van der Waals surface area contributed by atoms with Crippen LogP contribution < -0.4 is 0 Å². The van der Waals surface area contributed by atoms with E-state index in [1.165, 1.54) is 37.5 Å². The second-order valence-corrected chi connectivity index (χ2v) is 9.25. The van der Waals surface area contributed by atoms with Crippen molar-refractivity contribution in [2.75, 3.05) is 13.1 Å². The van der Waals surface area contributed by atoms with E-state index in [9.17, 15) is 0 Å². The molecule has 0 spiro atoms. The monoisotopic (exact) mass is 486 g/mol. The third kappa shape index (κ3) is 13.7. The van der Waals surface area contributed by atoms with E-state index in [-0.39, 0.29) is 15.1 Å². The van der Waals surface area contributed by atoms with E-state index >= 15 is 0 Å². The van der Waals surface area contributed by atoms with E-state index in [4.69, 9.17) is 19.4 Å². The molecule has 2 nitrogen and oxygen atoms in total. The predicted molar refractivity (Wildman–Crippen MR) is 112 cm³/mol. The van der Waals surface area contributed by atoms with Crippen molar-refractivity contribution in [1.82, 2.24) is 9.80 Å². The molecule has 150 valence electrons. The number of unbranched alkanes of at least 4 members (excludes halogenated alkanes) is 2. The molecule has 0 aromatic rings. The van der Waals surface area contributed by atoms with E-state index in [1.54, 1.807) is 0 Å². The zero-order valence-electron chi connectivity index (χ0n) is 16.8. The Balaban J connectivity index is 0.000000428. The molecule has 1 aliphatic carbocycles. The van der Waals surface area contributed by atoms with Crippen molar-refractivity contribution in [3.63, 3.8) is 0 Å². The molecule has 0 N–H and O–H groups in total. The van der Waals surface area contributed by atoms with E-state index in [1.807, 2.05) is 0 Å². The van der Waals surface area contributed by atoms with Crippen LogP contribution in [0.25, 0.3) is 0 Å². The van der Waals surface area contributed by atoms with Crippen molar-refractivity contribution in [1.29, 1.82) is 0 Å². The number of rotatable bonds is 7. The molecule has 0 unspecified atom stereocenters. The Kier molecular flexibility index (Phi) is 18.0. The summed E-state index contributed by atoms with van der Waals surface area (Å²) in [5, 5.41) is 0. The van der Waals surface area contributed by atoms with Gasteiger partial charge in [0, 0.05) is 25.5 Å². The van der Waals surface area contributed by atoms with Crippen LogP contribution in [-0.4, -0.2) is 22.9 Å². The Morgan fingerprint density at radius 1 is 0.923 bits per heavy atom. The minimum atomic E-state index is -0.346. The van der Waals surface area contributed by atoms with Gasteiger partial charge in [-0.2, -0.15) is 0 Å². The zero-order valence-corrected chi connectivity index (χ0v) is 20.0. The van der Waals surface area contributed by atoms with Gasteiger partial charge in [0.2, 0.25) is 6.67 Å². The van der Waals surface area contributed by atoms with E-state index in [0.717, 1.165) is 13.1 Å². The number of nitrogens with zero attached hydrogens (tertiary/aromatic N) is 2. The third-order valence-corrected chi connectivity index (χ3v) is 3.93. The fourth-order valence-electron chi connectivity index (χ4n) is 2.25. The fraction of sp³-hybridized carbons (Fsp3) is 0.571. The van der Waals surface area contributed by atoms with Gasteiger partial charge in [-0.15, -0.1) is 0 Å². The van der Waals surface area contributed by atoms with Crippen LogP contribution in [0, 0.1) is 50.1 Å². The Bertz CT molecular complexity index is 316. The summed E-state index contributed by atoms with van der Waals surface area (Å²) in [6, 6.07) is 0. The standard InChI is InChI=1S/C11H20N2.C10H14.2ClH.Ru/c1-3-5-7-12-9-10-13(11-12)8-6-4-2;1-8(2)10-6-4-9(3)5-7-10;;;/h9-10H,3-8H2,1-2H3;4-8H,1-3H3;2*1H;/q;;;;+2/p-2. The van der Waals surface area contributed by atoms with Crippen LogP contribution >= 0.6 is 19.4 Å². The number of halogens is 2. The first-order chi connectivity index (χ1) is 12.5. The first-order valence-corrected chi connectivity index (χ1v) is 13.9. The van der Waals surface area contributed by atoms with Gasteiger partial charge in [-0.05, 0) is 56.3 Å². The molecule has 5 heteroatoms. The van der Waals surface area contributed by atoms with E-state index in [2.05, 4.69) is 89.2 Å². The fourth-order valence-corrected chi connectivity index (χ4v) is 2.25. The molecule has 0 saturated heterocycles. The summed E-state index contributed by atoms with van der Waals surface area (Å²) >= 11 is -0.346. The molecule has 0 aromatic heterocycles. The van der Waals surface area contributed by atoms with Gasteiger partial charge in [0.1, 0.15) is 0 Å². The zero-order chi connectivity index (χ0) is 19.8. The molecular weight excluding hydrogens is 452 g/mol. The molecular formula is C21H34Cl2N2Ru. The van der Waals surface area contributed by atoms with Gasteiger partial charge in [0.25, 0.3) is 0 Å². The maximum absolute atomic E-state index is 4.85. The predicted octanol–water partition coefficient (Wildman–Crippen LogP) is 6.69. The molecule has 0 amide bonds. The molecule has 1 saturated carbocycles. The molecule has 26 heavy (non-hydrogen) atoms. The normalized spacial score (nSPS) is 18.0. The molecule has 1 fully saturated rings. The molecule has 0 bridgehead atoms. The van der Waals surface area contributed by atoms with E-state index < -0.39 is 0 Å². The SMILES string of the molecule is CCCCN1[C]N(CCCC)C=C1.C[C]1[CH][CH][C](C(C)C)[CH][CH]1.[Cl][Ru][Cl]. The summed E-state index contributed by atoms with van der Waals surface area (Å²) < 4.78 is 0. The summed E-state index contributed by atoms with van der Waals surface area (Å²) in [6.45, 7) is 16.5. The van der Waals surface area contributed by atoms with Crippen molar-refractivity contribution in [2.45, 2.75) is 60.3 Å². The van der Waals surface area contributed by atoms with Gasteiger partial charge >= 0.3 is 34.5 Å². The Morgan fingerprint density at radius 3 is 1.69 bits per heavy atom. The summed E-state index contributed by atoms with van der Waals surface area (Å²) in [4.78, 5) is 4.30. The van der Waals surface area contributed by atoms with Crippen molar-refractivity contribution in [3.8, 4) is 0 Å². The molecule has 2 aliphatic rings. The average molecular weight is 486 g/mol. The number of hydrogen-bond acceptors (Lipinski definition) is 2. The second-order valence-electron chi connectivity index (χ2n) is 6.61. The Hall–Kier alpha value is 0.543. The first kappa shape index (κ1) is 26.5. The van der Waals surface area contributed by atoms with Crippen LogP contribution in [0.4, 0.5) is 0 Å². The van der Waals surface area contributed by atoms with E-state index in [0.29, 0.717) is 5.92 Å². The summed E-state index contributed by atoms with van der Waals surface area (Å²) in [5.41, 5.74) is 0. The number of hydrogen-bond donors (Lipinski definition) is 0. The molecule has 0 aromatic carbocycles. The summed E-state index contributed by atoms with van der Waals surface area (Å²) in [7, 11) is 9.71. The molecule has 1 heterocycles. The Labute approximate surface area is 179 Å². The van der Waals surface area contributed by atoms with Crippen molar-refractivity contribution in [3.05, 3.63) is 56.6 Å². The van der Waals surface area contributed by atoms with Gasteiger partial charge in [-0.3, -0.25) is 0 Å². The maximum atomic E-state index is 4.85. The van der Waals surface area contributed by atoms with Crippen molar-refractivity contribution in [2.24, 2.45) is 5.92 Å². The Morgan fingerprint density at radius 2 is 1.35 bits per heavy atom. The van der Waals surface area contributed by atoms with Crippen molar-refractivity contribution >= 4 is 19.4 Å². The molecule has 1 aliphatic heterocycles. The van der Waals surface area contributed by atoms with Crippen LogP contribution in [0.15, 0.2) is 12.4 Å². The van der Waals surface area contributed by atoms with Crippen molar-refractivity contribution < 1.29 is 15.1 Å². The molecule has 0 atom stereocenters. The van der Waals surface area contributed by atoms with Crippen LogP contribution in [0.5, 0.6) is 0 Å².